The van der Waals surface area contributed by atoms with Crippen LogP contribution in [-0.4, -0.2) is 32.7 Å². The Morgan fingerprint density at radius 1 is 1.12 bits per heavy atom. The molecule has 0 aliphatic heterocycles. The first-order chi connectivity index (χ1) is 7.61. The van der Waals surface area contributed by atoms with Crippen molar-refractivity contribution in [2.75, 3.05) is 13.2 Å². The van der Waals surface area contributed by atoms with Crippen LogP contribution >= 0.6 is 0 Å². The van der Waals surface area contributed by atoms with Gasteiger partial charge in [-0.15, -0.1) is 0 Å². The Kier molecular flexibility index (Phi) is 3.84. The van der Waals surface area contributed by atoms with E-state index in [1.807, 2.05) is 0 Å². The predicted octanol–water partition coefficient (Wildman–Crippen LogP) is -0.0186. The van der Waals surface area contributed by atoms with Gasteiger partial charge in [0.15, 0.2) is 0 Å². The van der Waals surface area contributed by atoms with Crippen LogP contribution in [0.25, 0.3) is 0 Å². The fourth-order valence-electron chi connectivity index (χ4n) is 2.30. The molecule has 0 spiro atoms. The summed E-state index contributed by atoms with van der Waals surface area (Å²) >= 11 is 0. The number of hydrogen-bond donors (Lipinski definition) is 3. The lowest BCUT2D eigenvalue weighted by Crippen LogP contribution is -2.40. The molecule has 2 saturated carbocycles. The molecule has 94 valence electrons. The molecule has 0 aromatic rings. The van der Waals surface area contributed by atoms with Gasteiger partial charge >= 0.3 is 0 Å². The summed E-state index contributed by atoms with van der Waals surface area (Å²) in [6.45, 7) is 0.621. The predicted molar refractivity (Wildman–Crippen MR) is 61.0 cm³/mol. The van der Waals surface area contributed by atoms with E-state index in [1.54, 1.807) is 0 Å². The first kappa shape index (κ1) is 12.3. The largest absolute Gasteiger partial charge is 0.396 e. The maximum atomic E-state index is 11.5. The van der Waals surface area contributed by atoms with Crippen molar-refractivity contribution in [2.24, 2.45) is 11.8 Å². The molecule has 2 rings (SSSR count). The molecule has 0 radical (unpaired) electrons. The molecule has 0 amide bonds. The Morgan fingerprint density at radius 2 is 1.81 bits per heavy atom. The molecule has 0 heterocycles. The maximum Gasteiger partial charge on any atom is 0.277 e. The molecular formula is C10H20N2O3S. The second kappa shape index (κ2) is 5.00. The van der Waals surface area contributed by atoms with Crippen LogP contribution < -0.4 is 9.44 Å². The van der Waals surface area contributed by atoms with Crippen molar-refractivity contribution in [1.82, 2.24) is 9.44 Å². The summed E-state index contributed by atoms with van der Waals surface area (Å²) in [5.74, 6) is 0.560. The molecule has 16 heavy (non-hydrogen) atoms. The highest BCUT2D eigenvalue weighted by Crippen LogP contribution is 2.30. The minimum absolute atomic E-state index is 0.148. The molecule has 3 N–H and O–H groups in total. The number of nitrogens with one attached hydrogen (secondary N) is 2. The number of hydrogen-bond acceptors (Lipinski definition) is 3. The topological polar surface area (TPSA) is 78.4 Å². The first-order valence-corrected chi connectivity index (χ1v) is 7.47. The van der Waals surface area contributed by atoms with E-state index in [0.29, 0.717) is 12.5 Å². The van der Waals surface area contributed by atoms with Crippen LogP contribution in [-0.2, 0) is 10.2 Å². The summed E-state index contributed by atoms with van der Waals surface area (Å²) in [6, 6.07) is 0.148. The molecule has 0 aromatic carbocycles. The highest BCUT2D eigenvalue weighted by Gasteiger charge is 2.30. The minimum Gasteiger partial charge on any atom is -0.396 e. The molecular weight excluding hydrogens is 228 g/mol. The molecule has 2 aliphatic carbocycles. The molecule has 6 heteroatoms. The number of aliphatic hydroxyl groups excluding tert-OH is 1. The molecule has 2 fully saturated rings. The Hall–Kier alpha value is -0.170. The van der Waals surface area contributed by atoms with Crippen molar-refractivity contribution < 1.29 is 13.5 Å². The lowest BCUT2D eigenvalue weighted by atomic mass is 9.97. The van der Waals surface area contributed by atoms with E-state index in [9.17, 15) is 8.42 Å². The van der Waals surface area contributed by atoms with Gasteiger partial charge in [-0.25, -0.2) is 4.72 Å². The van der Waals surface area contributed by atoms with Crippen molar-refractivity contribution in [3.8, 4) is 0 Å². The SMILES string of the molecule is O=S(=O)(NCC1CCCC1CO)NC1CC1. The van der Waals surface area contributed by atoms with Gasteiger partial charge in [0.1, 0.15) is 0 Å². The van der Waals surface area contributed by atoms with Crippen LogP contribution in [0.5, 0.6) is 0 Å². The summed E-state index contributed by atoms with van der Waals surface area (Å²) in [4.78, 5) is 0. The maximum absolute atomic E-state index is 11.5. The number of rotatable bonds is 6. The van der Waals surface area contributed by atoms with E-state index in [-0.39, 0.29) is 18.6 Å². The van der Waals surface area contributed by atoms with Gasteiger partial charge in [0.2, 0.25) is 0 Å². The standard InChI is InChI=1S/C10H20N2O3S/c13-7-9-3-1-2-8(9)6-11-16(14,15)12-10-4-5-10/h8-13H,1-7H2. The molecule has 0 saturated heterocycles. The second-order valence-corrected chi connectivity index (χ2v) is 6.41. The fourth-order valence-corrected chi connectivity index (χ4v) is 3.49. The van der Waals surface area contributed by atoms with Crippen LogP contribution in [0.15, 0.2) is 0 Å². The van der Waals surface area contributed by atoms with Crippen LogP contribution in [0.3, 0.4) is 0 Å². The Balaban J connectivity index is 1.77. The van der Waals surface area contributed by atoms with E-state index < -0.39 is 10.2 Å². The van der Waals surface area contributed by atoms with Gasteiger partial charge in [-0.1, -0.05) is 6.42 Å². The van der Waals surface area contributed by atoms with Crippen LogP contribution in [0.2, 0.25) is 0 Å². The Bertz CT molecular complexity index is 327. The van der Waals surface area contributed by atoms with Gasteiger partial charge in [-0.05, 0) is 37.5 Å². The van der Waals surface area contributed by atoms with Gasteiger partial charge < -0.3 is 5.11 Å². The summed E-state index contributed by atoms with van der Waals surface area (Å²) < 4.78 is 28.3. The van der Waals surface area contributed by atoms with Crippen molar-refractivity contribution >= 4 is 10.2 Å². The summed E-state index contributed by atoms with van der Waals surface area (Å²) in [7, 11) is -3.32. The average Bonchev–Trinajstić information content (AvgIpc) is 2.91. The highest BCUT2D eigenvalue weighted by atomic mass is 32.2. The molecule has 5 nitrogen and oxygen atoms in total. The summed E-state index contributed by atoms with van der Waals surface area (Å²) in [5, 5.41) is 9.13. The lowest BCUT2D eigenvalue weighted by Gasteiger charge is -2.17. The lowest BCUT2D eigenvalue weighted by molar-refractivity contribution is 0.195. The van der Waals surface area contributed by atoms with Gasteiger partial charge in [0.25, 0.3) is 10.2 Å². The minimum atomic E-state index is -3.32. The molecule has 2 aliphatic rings. The van der Waals surface area contributed by atoms with Crippen LogP contribution in [0.1, 0.15) is 32.1 Å². The van der Waals surface area contributed by atoms with Crippen LogP contribution in [0.4, 0.5) is 0 Å². The molecule has 2 atom stereocenters. The van der Waals surface area contributed by atoms with E-state index in [0.717, 1.165) is 32.1 Å². The highest BCUT2D eigenvalue weighted by molar-refractivity contribution is 7.87. The third-order valence-electron chi connectivity index (χ3n) is 3.49. The molecule has 0 aromatic heterocycles. The zero-order chi connectivity index (χ0) is 11.6. The number of aliphatic hydroxyl groups is 1. The monoisotopic (exact) mass is 248 g/mol. The van der Waals surface area contributed by atoms with Gasteiger partial charge in [-0.3, -0.25) is 0 Å². The van der Waals surface area contributed by atoms with E-state index in [4.69, 9.17) is 5.11 Å². The third-order valence-corrected chi connectivity index (χ3v) is 4.68. The summed E-state index contributed by atoms with van der Waals surface area (Å²) in [6.07, 6.45) is 5.01. The van der Waals surface area contributed by atoms with Crippen molar-refractivity contribution in [1.29, 1.82) is 0 Å². The van der Waals surface area contributed by atoms with E-state index in [2.05, 4.69) is 9.44 Å². The first-order valence-electron chi connectivity index (χ1n) is 5.98. The fraction of sp³-hybridized carbons (Fsp3) is 1.00. The Labute approximate surface area is 96.8 Å². The van der Waals surface area contributed by atoms with Gasteiger partial charge in [-0.2, -0.15) is 13.1 Å². The zero-order valence-corrected chi connectivity index (χ0v) is 10.2. The van der Waals surface area contributed by atoms with Crippen molar-refractivity contribution in [3.63, 3.8) is 0 Å². The normalized spacial score (nSPS) is 30.8. The van der Waals surface area contributed by atoms with Gasteiger partial charge in [0.05, 0.1) is 0 Å². The molecule has 0 bridgehead atoms. The second-order valence-electron chi connectivity index (χ2n) is 4.88. The smallest absolute Gasteiger partial charge is 0.277 e. The third kappa shape index (κ3) is 3.41. The van der Waals surface area contributed by atoms with Crippen molar-refractivity contribution in [3.05, 3.63) is 0 Å². The van der Waals surface area contributed by atoms with Crippen LogP contribution in [0, 0.1) is 11.8 Å². The van der Waals surface area contributed by atoms with Crippen molar-refractivity contribution in [2.45, 2.75) is 38.1 Å². The Morgan fingerprint density at radius 3 is 2.44 bits per heavy atom. The summed E-state index contributed by atoms with van der Waals surface area (Å²) in [5.41, 5.74) is 0. The van der Waals surface area contributed by atoms with E-state index >= 15 is 0 Å². The van der Waals surface area contributed by atoms with Gasteiger partial charge in [0, 0.05) is 19.2 Å². The quantitative estimate of drug-likeness (QED) is 0.618. The zero-order valence-electron chi connectivity index (χ0n) is 9.35. The van der Waals surface area contributed by atoms with E-state index in [1.165, 1.54) is 0 Å². The molecule has 2 unspecified atom stereocenters. The average molecular weight is 248 g/mol.